The van der Waals surface area contributed by atoms with Crippen molar-refractivity contribution >= 4 is 34.7 Å². The van der Waals surface area contributed by atoms with Gasteiger partial charge in [-0.1, -0.05) is 11.8 Å². The summed E-state index contributed by atoms with van der Waals surface area (Å²) in [5, 5.41) is 2.59. The van der Waals surface area contributed by atoms with E-state index >= 15 is 0 Å². The van der Waals surface area contributed by atoms with Crippen LogP contribution in [0.25, 0.3) is 0 Å². The van der Waals surface area contributed by atoms with E-state index in [9.17, 15) is 19.2 Å². The van der Waals surface area contributed by atoms with Crippen molar-refractivity contribution in [3.8, 4) is 0 Å². The summed E-state index contributed by atoms with van der Waals surface area (Å²) in [6.45, 7) is 1.88. The maximum atomic E-state index is 12.8. The van der Waals surface area contributed by atoms with Crippen LogP contribution in [-0.2, 0) is 23.9 Å². The Balaban J connectivity index is 2.25. The molecule has 0 radical (unpaired) electrons. The first kappa shape index (κ1) is 16.8. The van der Waals surface area contributed by atoms with E-state index in [1.54, 1.807) is 0 Å². The molecule has 0 aromatic carbocycles. The molecule has 0 aromatic heterocycles. The fourth-order valence-electron chi connectivity index (χ4n) is 2.81. The molecule has 0 bridgehead atoms. The normalized spacial score (nSPS) is 25.5. The Morgan fingerprint density at radius 2 is 2.05 bits per heavy atom. The van der Waals surface area contributed by atoms with Crippen molar-refractivity contribution in [2.24, 2.45) is 5.92 Å². The summed E-state index contributed by atoms with van der Waals surface area (Å²) in [6.07, 6.45) is 1.79. The smallest absolute Gasteiger partial charge is 0.330 e. The van der Waals surface area contributed by atoms with E-state index in [1.165, 1.54) is 24.1 Å². The molecule has 2 atom stereocenters. The Bertz CT molecular complexity index is 496. The van der Waals surface area contributed by atoms with Crippen molar-refractivity contribution in [1.82, 2.24) is 10.0 Å². The molecule has 22 heavy (non-hydrogen) atoms. The van der Waals surface area contributed by atoms with Crippen LogP contribution in [0.2, 0.25) is 0 Å². The molecule has 2 unspecified atom stereocenters. The topological polar surface area (TPSA) is 84.0 Å². The van der Waals surface area contributed by atoms with E-state index in [0.717, 1.165) is 11.8 Å². The third-order valence-corrected chi connectivity index (χ3v) is 4.91. The molecule has 2 fully saturated rings. The number of amides is 2. The van der Waals surface area contributed by atoms with Crippen LogP contribution in [0, 0.1) is 5.92 Å². The van der Waals surface area contributed by atoms with Crippen LogP contribution >= 0.6 is 11.8 Å². The summed E-state index contributed by atoms with van der Waals surface area (Å²) >= 11 is 1.07. The van der Waals surface area contributed by atoms with Gasteiger partial charge < -0.3 is 4.74 Å². The van der Waals surface area contributed by atoms with Gasteiger partial charge in [0.25, 0.3) is 0 Å². The summed E-state index contributed by atoms with van der Waals surface area (Å²) in [4.78, 5) is 48.1. The number of nitrogens with zero attached hydrogens (tertiary/aromatic N) is 2. The summed E-state index contributed by atoms with van der Waals surface area (Å²) in [5.74, 6) is -1.04. The van der Waals surface area contributed by atoms with E-state index in [2.05, 4.69) is 0 Å². The Labute approximate surface area is 133 Å². The van der Waals surface area contributed by atoms with E-state index in [1.807, 2.05) is 0 Å². The second kappa shape index (κ2) is 7.13. The SMILES string of the molecule is COC(=O)C1CCCN2C(=O)CCC(CSC(C)=O)C(=O)N12. The number of hydrazine groups is 1. The molecule has 0 aromatic rings. The third-order valence-electron chi connectivity index (χ3n) is 3.93. The summed E-state index contributed by atoms with van der Waals surface area (Å²) in [5.41, 5.74) is 0. The van der Waals surface area contributed by atoms with Crippen LogP contribution in [0.5, 0.6) is 0 Å². The van der Waals surface area contributed by atoms with Gasteiger partial charge in [-0.05, 0) is 19.3 Å². The molecule has 122 valence electrons. The number of esters is 1. The largest absolute Gasteiger partial charge is 0.467 e. The molecular weight excluding hydrogens is 308 g/mol. The van der Waals surface area contributed by atoms with Gasteiger partial charge in [0, 0.05) is 31.6 Å². The second-order valence-electron chi connectivity index (χ2n) is 5.42. The number of fused-ring (bicyclic) bond motifs is 1. The molecule has 0 N–H and O–H groups in total. The van der Waals surface area contributed by atoms with Crippen LogP contribution in [0.1, 0.15) is 32.6 Å². The molecule has 2 rings (SSSR count). The number of carbonyl (C=O) groups is 4. The molecule has 0 aliphatic carbocycles. The van der Waals surface area contributed by atoms with Crippen LogP contribution < -0.4 is 0 Å². The number of thioether (sulfide) groups is 1. The maximum absolute atomic E-state index is 12.8. The lowest BCUT2D eigenvalue weighted by atomic mass is 10.0. The number of carbonyl (C=O) groups excluding carboxylic acids is 4. The van der Waals surface area contributed by atoms with E-state index in [-0.39, 0.29) is 23.4 Å². The molecule has 2 aliphatic rings. The first-order valence-electron chi connectivity index (χ1n) is 7.30. The molecule has 2 aliphatic heterocycles. The lowest BCUT2D eigenvalue weighted by molar-refractivity contribution is -0.182. The highest BCUT2D eigenvalue weighted by Crippen LogP contribution is 2.29. The Hall–Kier alpha value is -1.57. The molecule has 8 heteroatoms. The Morgan fingerprint density at radius 3 is 2.68 bits per heavy atom. The van der Waals surface area contributed by atoms with Gasteiger partial charge in [-0.15, -0.1) is 0 Å². The fraction of sp³-hybridized carbons (Fsp3) is 0.714. The van der Waals surface area contributed by atoms with Gasteiger partial charge in [0.1, 0.15) is 0 Å². The van der Waals surface area contributed by atoms with Crippen LogP contribution in [0.3, 0.4) is 0 Å². The molecule has 2 saturated heterocycles. The average Bonchev–Trinajstić information content (AvgIpc) is 2.63. The van der Waals surface area contributed by atoms with Crippen molar-refractivity contribution in [2.75, 3.05) is 19.4 Å². The summed E-state index contributed by atoms with van der Waals surface area (Å²) < 4.78 is 4.77. The summed E-state index contributed by atoms with van der Waals surface area (Å²) in [6, 6.07) is -0.752. The zero-order valence-corrected chi connectivity index (χ0v) is 13.6. The molecular formula is C14H20N2O5S. The average molecular weight is 328 g/mol. The highest BCUT2D eigenvalue weighted by atomic mass is 32.2. The number of hydrogen-bond donors (Lipinski definition) is 0. The van der Waals surface area contributed by atoms with Crippen LogP contribution in [0.4, 0.5) is 0 Å². The second-order valence-corrected chi connectivity index (χ2v) is 6.62. The van der Waals surface area contributed by atoms with Crippen molar-refractivity contribution in [1.29, 1.82) is 0 Å². The highest BCUT2D eigenvalue weighted by Gasteiger charge is 2.44. The van der Waals surface area contributed by atoms with Gasteiger partial charge in [-0.3, -0.25) is 19.4 Å². The van der Waals surface area contributed by atoms with E-state index in [4.69, 9.17) is 4.74 Å². The van der Waals surface area contributed by atoms with E-state index in [0.29, 0.717) is 31.6 Å². The Kier molecular flexibility index (Phi) is 5.44. The van der Waals surface area contributed by atoms with Gasteiger partial charge in [0.2, 0.25) is 11.8 Å². The molecule has 0 saturated carbocycles. The minimum Gasteiger partial charge on any atom is -0.467 e. The number of methoxy groups -OCH3 is 1. The molecule has 2 amide bonds. The van der Waals surface area contributed by atoms with Crippen LogP contribution in [0.15, 0.2) is 0 Å². The maximum Gasteiger partial charge on any atom is 0.330 e. The number of ether oxygens (including phenoxy) is 1. The zero-order valence-electron chi connectivity index (χ0n) is 12.7. The van der Waals surface area contributed by atoms with E-state index < -0.39 is 17.9 Å². The lowest BCUT2D eigenvalue weighted by Gasteiger charge is -2.42. The van der Waals surface area contributed by atoms with Gasteiger partial charge in [-0.2, -0.15) is 0 Å². The number of rotatable bonds is 3. The van der Waals surface area contributed by atoms with Crippen molar-refractivity contribution < 1.29 is 23.9 Å². The first-order valence-corrected chi connectivity index (χ1v) is 8.28. The van der Waals surface area contributed by atoms with Crippen molar-refractivity contribution in [3.05, 3.63) is 0 Å². The van der Waals surface area contributed by atoms with Gasteiger partial charge in [-0.25, -0.2) is 9.80 Å². The predicted octanol–water partition coefficient (Wildman–Crippen LogP) is 0.584. The number of hydrogen-bond acceptors (Lipinski definition) is 6. The quantitative estimate of drug-likeness (QED) is 0.705. The first-order chi connectivity index (χ1) is 10.5. The van der Waals surface area contributed by atoms with Crippen LogP contribution in [-0.4, -0.2) is 58.4 Å². The van der Waals surface area contributed by atoms with Crippen molar-refractivity contribution in [2.45, 2.75) is 38.6 Å². The molecule has 0 spiro atoms. The van der Waals surface area contributed by atoms with Gasteiger partial charge in [0.05, 0.1) is 7.11 Å². The summed E-state index contributed by atoms with van der Waals surface area (Å²) in [7, 11) is 1.27. The Morgan fingerprint density at radius 1 is 1.32 bits per heavy atom. The fourth-order valence-corrected chi connectivity index (χ4v) is 3.56. The monoisotopic (exact) mass is 328 g/mol. The van der Waals surface area contributed by atoms with Gasteiger partial charge in [0.15, 0.2) is 11.2 Å². The van der Waals surface area contributed by atoms with Gasteiger partial charge >= 0.3 is 5.97 Å². The molecule has 7 nitrogen and oxygen atoms in total. The zero-order chi connectivity index (χ0) is 16.3. The molecule has 2 heterocycles. The lowest BCUT2D eigenvalue weighted by Crippen LogP contribution is -2.60. The van der Waals surface area contributed by atoms with Crippen molar-refractivity contribution in [3.63, 3.8) is 0 Å². The third kappa shape index (κ3) is 3.43. The minimum absolute atomic E-state index is 0.0663. The standard InChI is InChI=1S/C14H20N2O5S/c1-9(17)22-8-10-5-6-12(18)15-7-3-4-11(14(20)21-2)16(15)13(10)19/h10-11H,3-8H2,1-2H3. The highest BCUT2D eigenvalue weighted by molar-refractivity contribution is 8.13. The predicted molar refractivity (Wildman–Crippen MR) is 79.5 cm³/mol. The minimum atomic E-state index is -0.752.